The van der Waals surface area contributed by atoms with Crippen LogP contribution in [0.5, 0.6) is 0 Å². The van der Waals surface area contributed by atoms with Crippen molar-refractivity contribution in [3.8, 4) is 0 Å². The summed E-state index contributed by atoms with van der Waals surface area (Å²) in [6, 6.07) is 0. The fourth-order valence-corrected chi connectivity index (χ4v) is 0. The molecule has 0 heterocycles. The summed E-state index contributed by atoms with van der Waals surface area (Å²) in [4.78, 5) is 5.16. The Balaban J connectivity index is 3.11. The van der Waals surface area contributed by atoms with Gasteiger partial charge in [0.05, 0.1) is 0 Å². The van der Waals surface area contributed by atoms with E-state index in [9.17, 15) is 0 Å². The molecule has 4 heteroatoms. The molecule has 0 spiro atoms. The molecule has 0 saturated heterocycles. The lowest BCUT2D eigenvalue weighted by Gasteiger charge is -1.35. The van der Waals surface area contributed by atoms with Crippen molar-refractivity contribution in [3.05, 3.63) is 10.4 Å². The van der Waals surface area contributed by atoms with Crippen molar-refractivity contribution in [2.24, 2.45) is 4.88 Å². The van der Waals surface area contributed by atoms with Crippen LogP contribution in [0.1, 0.15) is 0 Å². The second kappa shape index (κ2) is 2.74. The second-order valence-electron chi connectivity index (χ2n) is 0.205. The lowest BCUT2D eigenvalue weighted by molar-refractivity contribution is 1.82. The zero-order valence-corrected chi connectivity index (χ0v) is 3.07. The summed E-state index contributed by atoms with van der Waals surface area (Å²) in [5.74, 6) is 0. The Morgan fingerprint density at radius 2 is 2.25 bits per heavy atom. The van der Waals surface area contributed by atoms with Crippen molar-refractivity contribution in [1.82, 2.24) is 0 Å². The van der Waals surface area contributed by atoms with E-state index in [1.54, 1.807) is 0 Å². The molecule has 0 aromatic heterocycles. The van der Waals surface area contributed by atoms with Crippen molar-refractivity contribution in [3.63, 3.8) is 0 Å². The first kappa shape index (κ1) is 3.74. The Bertz CT molecular complexity index is 41.2. The summed E-state index contributed by atoms with van der Waals surface area (Å²) in [6.07, 6.45) is 0. The fraction of sp³-hybridized carbons (Fsp3) is 0. The molecular weight excluding hydrogens is 73.0 g/mol. The van der Waals surface area contributed by atoms with Gasteiger partial charge in [-0.05, 0) is 14.9 Å². The van der Waals surface area contributed by atoms with Gasteiger partial charge in [-0.1, -0.05) is 4.88 Å². The van der Waals surface area contributed by atoms with Gasteiger partial charge in [-0.15, -0.1) is 0 Å². The summed E-state index contributed by atoms with van der Waals surface area (Å²) in [5.41, 5.74) is 7.31. The van der Waals surface area contributed by atoms with Gasteiger partial charge in [0.2, 0.25) is 0 Å². The highest BCUT2D eigenvalue weighted by molar-refractivity contribution is 7.14. The number of rotatable bonds is 0. The third-order valence-electron chi connectivity index (χ3n) is 0.0516. The molecule has 4 heavy (non-hydrogen) atoms. The highest BCUT2D eigenvalue weighted by atomic mass is 31.0. The molecule has 22 valence electrons. The van der Waals surface area contributed by atoms with Gasteiger partial charge in [-0.2, -0.15) is 0 Å². The van der Waals surface area contributed by atoms with E-state index in [0.29, 0.717) is 0 Å². The fourth-order valence-electron chi connectivity index (χ4n) is 0. The Hall–Kier alpha value is -0.260. The quantitative estimate of drug-likeness (QED) is 0.179. The van der Waals surface area contributed by atoms with Gasteiger partial charge in [0.1, 0.15) is 0 Å². The van der Waals surface area contributed by atoms with E-state index in [0.717, 1.165) is 0 Å². The van der Waals surface area contributed by atoms with Crippen LogP contribution in [0, 0.1) is 0 Å². The maximum atomic E-state index is 7.31. The summed E-state index contributed by atoms with van der Waals surface area (Å²) in [6.45, 7) is 0. The Kier molecular flexibility index (Phi) is 2.56. The second-order valence-corrected chi connectivity index (χ2v) is 0.436. The van der Waals surface area contributed by atoms with Gasteiger partial charge in [-0.3, -0.25) is 0 Å². The minimum absolute atomic E-state index is 1.86. The van der Waals surface area contributed by atoms with E-state index >= 15 is 0 Å². The van der Waals surface area contributed by atoms with Crippen LogP contribution in [0.25, 0.3) is 10.4 Å². The highest BCUT2D eigenvalue weighted by Gasteiger charge is 1.26. The lowest BCUT2D eigenvalue weighted by atomic mass is 13.0. The van der Waals surface area contributed by atoms with E-state index in [-0.39, 0.29) is 0 Å². The normalized spacial score (nSPS) is 4.25. The molecule has 0 rings (SSSR count). The molecule has 0 saturated carbocycles. The molecule has 0 amide bonds. The van der Waals surface area contributed by atoms with E-state index < -0.39 is 0 Å². The van der Waals surface area contributed by atoms with Crippen molar-refractivity contribution in [2.75, 3.05) is 0 Å². The van der Waals surface area contributed by atoms with E-state index in [2.05, 4.69) is 9.80 Å². The molecule has 0 aliphatic carbocycles. The Morgan fingerprint density at radius 3 is 2.25 bits per heavy atom. The Labute approximate surface area is 25.9 Å². The summed E-state index contributed by atoms with van der Waals surface area (Å²) >= 11 is 0. The summed E-state index contributed by atoms with van der Waals surface area (Å²) < 4.78 is 0. The van der Waals surface area contributed by atoms with Crippen LogP contribution >= 0.6 is 9.39 Å². The number of nitrogens with zero attached hydrogens (tertiary/aromatic N) is 3. The largest absolute Gasteiger partial charge is 0.0793 e. The first-order valence-electron chi connectivity index (χ1n) is 0.658. The molecule has 0 N–H and O–H groups in total. The monoisotopic (exact) mass is 75.0 g/mol. The van der Waals surface area contributed by atoms with Gasteiger partial charge in [0.15, 0.2) is 0 Å². The van der Waals surface area contributed by atoms with Crippen LogP contribution in [-0.2, 0) is 0 Å². The van der Waals surface area contributed by atoms with Crippen LogP contribution in [0.15, 0.2) is 4.88 Å². The van der Waals surface area contributed by atoms with Crippen LogP contribution < -0.4 is 0 Å². The third-order valence-corrected chi connectivity index (χ3v) is 0.155. The van der Waals surface area contributed by atoms with Crippen LogP contribution in [-0.4, -0.2) is 0 Å². The van der Waals surface area contributed by atoms with Crippen molar-refractivity contribution < 1.29 is 0 Å². The van der Waals surface area contributed by atoms with Crippen LogP contribution in [0.3, 0.4) is 0 Å². The van der Waals surface area contributed by atoms with E-state index in [4.69, 9.17) is 5.53 Å². The van der Waals surface area contributed by atoms with Crippen molar-refractivity contribution in [1.29, 1.82) is 0 Å². The predicted octanol–water partition coefficient (Wildman–Crippen LogP) is 1.09. The lowest BCUT2D eigenvalue weighted by Crippen LogP contribution is -0.957. The molecule has 0 aliphatic heterocycles. The van der Waals surface area contributed by atoms with Crippen LogP contribution in [0.4, 0.5) is 0 Å². The molecule has 0 aliphatic rings. The SMILES string of the molecule is [N-]=[N+]=NP. The standard InChI is InChI=1S/H2N3P/c1-2-3-4/h4H2. The zero-order chi connectivity index (χ0) is 3.41. The van der Waals surface area contributed by atoms with Gasteiger partial charge < -0.3 is 0 Å². The zero-order valence-electron chi connectivity index (χ0n) is 1.92. The molecule has 0 aromatic carbocycles. The van der Waals surface area contributed by atoms with Crippen molar-refractivity contribution in [2.45, 2.75) is 0 Å². The molecule has 1 unspecified atom stereocenters. The molecule has 0 fully saturated rings. The number of hydrogen-bond donors (Lipinski definition) is 0. The molecule has 0 aromatic rings. The van der Waals surface area contributed by atoms with Crippen LogP contribution in [0.2, 0.25) is 0 Å². The maximum Gasteiger partial charge on any atom is 0.00419 e. The molecule has 0 radical (unpaired) electrons. The summed E-state index contributed by atoms with van der Waals surface area (Å²) in [5, 5.41) is 0. The first-order valence-corrected chi connectivity index (χ1v) is 1.17. The highest BCUT2D eigenvalue weighted by Crippen LogP contribution is 1.75. The van der Waals surface area contributed by atoms with Gasteiger partial charge in [-0.25, -0.2) is 0 Å². The minimum Gasteiger partial charge on any atom is -0.0793 e. The summed E-state index contributed by atoms with van der Waals surface area (Å²) in [7, 11) is 1.86. The molecule has 0 bridgehead atoms. The molecular formula is H2N3P. The smallest absolute Gasteiger partial charge is 0.00419 e. The van der Waals surface area contributed by atoms with Gasteiger partial charge in [0, 0.05) is 4.91 Å². The van der Waals surface area contributed by atoms with E-state index in [1.165, 1.54) is 0 Å². The topological polar surface area (TPSA) is 48.8 Å². The Morgan fingerprint density at radius 1 is 2.00 bits per heavy atom. The van der Waals surface area contributed by atoms with E-state index in [1.807, 2.05) is 9.39 Å². The first-order chi connectivity index (χ1) is 1.91. The minimum atomic E-state index is 1.86. The molecule has 3 nitrogen and oxygen atoms in total. The van der Waals surface area contributed by atoms with Gasteiger partial charge in [0.25, 0.3) is 0 Å². The average Bonchev–Trinajstić information content (AvgIpc) is 1.37. The van der Waals surface area contributed by atoms with Crippen molar-refractivity contribution >= 4 is 9.39 Å². The van der Waals surface area contributed by atoms with Gasteiger partial charge >= 0.3 is 0 Å². The number of hydrogen-bond acceptors (Lipinski definition) is 1. The number of azide groups is 1. The maximum absolute atomic E-state index is 7.31. The average molecular weight is 75.0 g/mol. The third kappa shape index (κ3) is 1.74. The molecule has 1 atom stereocenters. The predicted molar refractivity (Wildman–Crippen MR) is 18.9 cm³/mol.